The summed E-state index contributed by atoms with van der Waals surface area (Å²) in [5.41, 5.74) is 0.748. The van der Waals surface area contributed by atoms with E-state index in [2.05, 4.69) is 21.2 Å². The van der Waals surface area contributed by atoms with Crippen molar-refractivity contribution in [3.05, 3.63) is 64.1 Å². The first kappa shape index (κ1) is 24.2. The summed E-state index contributed by atoms with van der Waals surface area (Å²) < 4.78 is 17.5. The van der Waals surface area contributed by atoms with Crippen molar-refractivity contribution >= 4 is 27.7 Å². The summed E-state index contributed by atoms with van der Waals surface area (Å²) in [5, 5.41) is 11.9. The average Bonchev–Trinajstić information content (AvgIpc) is 3.24. The Hall–Kier alpha value is -2.42. The number of ether oxygens (including phenoxy) is 3. The van der Waals surface area contributed by atoms with Crippen LogP contribution in [-0.4, -0.2) is 62.5 Å². The molecule has 1 heterocycles. The summed E-state index contributed by atoms with van der Waals surface area (Å²) in [6, 6.07) is 15.3. The van der Waals surface area contributed by atoms with Crippen molar-refractivity contribution in [3.8, 4) is 5.75 Å². The van der Waals surface area contributed by atoms with Gasteiger partial charge in [0.25, 0.3) is 5.91 Å². The fraction of sp³-hybridized carbons (Fsp3) is 0.417. The van der Waals surface area contributed by atoms with E-state index >= 15 is 0 Å². The van der Waals surface area contributed by atoms with Gasteiger partial charge in [-0.25, -0.2) is 4.99 Å². The van der Waals surface area contributed by atoms with Crippen LogP contribution in [0.25, 0.3) is 0 Å². The van der Waals surface area contributed by atoms with Gasteiger partial charge in [0, 0.05) is 49.7 Å². The molecule has 1 atom stereocenters. The predicted molar refractivity (Wildman–Crippen MR) is 126 cm³/mol. The normalized spacial score (nSPS) is 17.5. The number of aliphatic hydroxyl groups excluding tert-OH is 1. The molecule has 1 aliphatic rings. The molecule has 2 N–H and O–H groups in total. The molecule has 0 saturated carbocycles. The van der Waals surface area contributed by atoms with E-state index in [1.54, 1.807) is 7.11 Å². The largest absolute Gasteiger partial charge is 0.494 e. The number of benzene rings is 2. The second-order valence-electron chi connectivity index (χ2n) is 7.59. The van der Waals surface area contributed by atoms with Gasteiger partial charge in [0.05, 0.1) is 6.61 Å². The maximum atomic E-state index is 13.2. The van der Waals surface area contributed by atoms with Crippen molar-refractivity contribution in [1.82, 2.24) is 5.32 Å². The van der Waals surface area contributed by atoms with Crippen molar-refractivity contribution in [3.63, 3.8) is 0 Å². The zero-order valence-electron chi connectivity index (χ0n) is 18.2. The highest BCUT2D eigenvalue weighted by Gasteiger charge is 2.44. The van der Waals surface area contributed by atoms with Gasteiger partial charge in [-0.15, -0.1) is 0 Å². The van der Waals surface area contributed by atoms with E-state index in [4.69, 9.17) is 24.3 Å². The SMILES string of the molecule is COCCCNC(=O)[C@@]1(Cc2ccc(Br)cc2)COC(c2ccc(OCCCO)cc2)=N1. The maximum Gasteiger partial charge on any atom is 0.251 e. The van der Waals surface area contributed by atoms with Gasteiger partial charge in [-0.3, -0.25) is 4.79 Å². The molecule has 0 bridgehead atoms. The highest BCUT2D eigenvalue weighted by molar-refractivity contribution is 9.10. The van der Waals surface area contributed by atoms with Crippen molar-refractivity contribution in [2.45, 2.75) is 24.8 Å². The standard InChI is InChI=1S/C24H29BrN2O5/c1-30-14-2-12-26-23(29)24(16-18-4-8-20(25)9-5-18)17-32-22(27-24)19-6-10-21(11-7-19)31-15-3-13-28/h4-11,28H,2-3,12-17H2,1H3,(H,26,29)/t24-/m1/s1. The summed E-state index contributed by atoms with van der Waals surface area (Å²) in [6.07, 6.45) is 1.74. The third-order valence-corrected chi connectivity index (χ3v) is 5.61. The molecule has 3 rings (SSSR count). The Kier molecular flexibility index (Phi) is 9.08. The molecule has 0 aromatic heterocycles. The van der Waals surface area contributed by atoms with Crippen LogP contribution in [0, 0.1) is 0 Å². The van der Waals surface area contributed by atoms with E-state index in [1.165, 1.54) is 0 Å². The second-order valence-corrected chi connectivity index (χ2v) is 8.51. The van der Waals surface area contributed by atoms with Gasteiger partial charge in [-0.05, 0) is 48.4 Å². The van der Waals surface area contributed by atoms with E-state index in [9.17, 15) is 4.79 Å². The Morgan fingerprint density at radius 2 is 1.91 bits per heavy atom. The molecule has 1 amide bonds. The van der Waals surface area contributed by atoms with E-state index in [0.717, 1.165) is 22.0 Å². The Morgan fingerprint density at radius 1 is 1.16 bits per heavy atom. The Labute approximate surface area is 196 Å². The van der Waals surface area contributed by atoms with E-state index < -0.39 is 5.54 Å². The molecule has 2 aromatic rings. The van der Waals surface area contributed by atoms with Crippen LogP contribution < -0.4 is 10.1 Å². The van der Waals surface area contributed by atoms with Crippen LogP contribution in [0.5, 0.6) is 5.75 Å². The fourth-order valence-electron chi connectivity index (χ4n) is 3.35. The number of nitrogens with zero attached hydrogens (tertiary/aromatic N) is 1. The third-order valence-electron chi connectivity index (χ3n) is 5.08. The second kappa shape index (κ2) is 12.0. The monoisotopic (exact) mass is 504 g/mol. The summed E-state index contributed by atoms with van der Waals surface area (Å²) in [7, 11) is 1.64. The van der Waals surface area contributed by atoms with Gasteiger partial charge in [-0.1, -0.05) is 28.1 Å². The smallest absolute Gasteiger partial charge is 0.251 e. The molecule has 0 radical (unpaired) electrons. The van der Waals surface area contributed by atoms with Gasteiger partial charge < -0.3 is 24.6 Å². The van der Waals surface area contributed by atoms with Crippen molar-refractivity contribution in [2.75, 3.05) is 40.1 Å². The summed E-state index contributed by atoms with van der Waals surface area (Å²) in [5.74, 6) is 0.990. The highest BCUT2D eigenvalue weighted by atomic mass is 79.9. The number of rotatable bonds is 12. The van der Waals surface area contributed by atoms with Crippen LogP contribution in [0.4, 0.5) is 0 Å². The fourth-order valence-corrected chi connectivity index (χ4v) is 3.62. The van der Waals surface area contributed by atoms with Crippen molar-refractivity contribution < 1.29 is 24.1 Å². The number of methoxy groups -OCH3 is 1. The van der Waals surface area contributed by atoms with Crippen LogP contribution in [0.2, 0.25) is 0 Å². The number of aliphatic imine (C=N–C) groups is 1. The zero-order valence-corrected chi connectivity index (χ0v) is 19.8. The Bertz CT molecular complexity index is 902. The molecule has 0 fully saturated rings. The van der Waals surface area contributed by atoms with Crippen molar-refractivity contribution in [2.24, 2.45) is 4.99 Å². The number of hydrogen-bond acceptors (Lipinski definition) is 6. The molecule has 1 aliphatic heterocycles. The van der Waals surface area contributed by atoms with Gasteiger partial charge in [0.2, 0.25) is 5.90 Å². The Morgan fingerprint density at radius 3 is 2.59 bits per heavy atom. The number of amides is 1. The molecule has 172 valence electrons. The molecular weight excluding hydrogens is 476 g/mol. The molecule has 0 saturated heterocycles. The van der Waals surface area contributed by atoms with Crippen LogP contribution in [0.3, 0.4) is 0 Å². The molecule has 8 heteroatoms. The summed E-state index contributed by atoms with van der Waals surface area (Å²) >= 11 is 3.45. The van der Waals surface area contributed by atoms with Gasteiger partial charge in [0.1, 0.15) is 12.4 Å². The number of hydrogen-bond donors (Lipinski definition) is 2. The number of aliphatic hydroxyl groups is 1. The van der Waals surface area contributed by atoms with Crippen LogP contribution in [0.15, 0.2) is 58.0 Å². The van der Waals surface area contributed by atoms with Crippen LogP contribution in [-0.2, 0) is 20.7 Å². The van der Waals surface area contributed by atoms with Crippen LogP contribution in [0.1, 0.15) is 24.0 Å². The number of nitrogens with one attached hydrogen (secondary N) is 1. The topological polar surface area (TPSA) is 89.4 Å². The number of carbonyl (C=O) groups is 1. The molecule has 0 unspecified atom stereocenters. The van der Waals surface area contributed by atoms with E-state index in [-0.39, 0.29) is 19.1 Å². The van der Waals surface area contributed by atoms with Gasteiger partial charge >= 0.3 is 0 Å². The quantitative estimate of drug-likeness (QED) is 0.433. The lowest BCUT2D eigenvalue weighted by Gasteiger charge is -2.23. The van der Waals surface area contributed by atoms with E-state index in [0.29, 0.717) is 44.2 Å². The first-order valence-electron chi connectivity index (χ1n) is 10.6. The molecule has 0 spiro atoms. The van der Waals surface area contributed by atoms with Crippen molar-refractivity contribution in [1.29, 1.82) is 0 Å². The van der Waals surface area contributed by atoms with Gasteiger partial charge in [0.15, 0.2) is 5.54 Å². The predicted octanol–water partition coefficient (Wildman–Crippen LogP) is 3.12. The van der Waals surface area contributed by atoms with E-state index in [1.807, 2.05) is 48.5 Å². The first-order chi connectivity index (χ1) is 15.6. The molecule has 7 nitrogen and oxygen atoms in total. The lowest BCUT2D eigenvalue weighted by atomic mass is 9.91. The number of halogens is 1. The minimum Gasteiger partial charge on any atom is -0.494 e. The highest BCUT2D eigenvalue weighted by Crippen LogP contribution is 2.28. The summed E-state index contributed by atoms with van der Waals surface area (Å²) in [4.78, 5) is 18.0. The maximum absolute atomic E-state index is 13.2. The lowest BCUT2D eigenvalue weighted by molar-refractivity contribution is -0.126. The number of carbonyl (C=O) groups excluding carboxylic acids is 1. The molecular formula is C24H29BrN2O5. The minimum atomic E-state index is -1.04. The third kappa shape index (κ3) is 6.54. The minimum absolute atomic E-state index is 0.0940. The average molecular weight is 505 g/mol. The van der Waals surface area contributed by atoms with Gasteiger partial charge in [-0.2, -0.15) is 0 Å². The first-order valence-corrected chi connectivity index (χ1v) is 11.4. The summed E-state index contributed by atoms with van der Waals surface area (Å²) in [6.45, 7) is 1.81. The zero-order chi connectivity index (χ0) is 22.8. The van der Waals surface area contributed by atoms with Crippen LogP contribution >= 0.6 is 15.9 Å². The molecule has 2 aromatic carbocycles. The molecule has 32 heavy (non-hydrogen) atoms. The lowest BCUT2D eigenvalue weighted by Crippen LogP contribution is -2.48. The Balaban J connectivity index is 1.78. The molecule has 0 aliphatic carbocycles.